The van der Waals surface area contributed by atoms with Gasteiger partial charge in [0.1, 0.15) is 24.4 Å². The summed E-state index contributed by atoms with van der Waals surface area (Å²) in [5.41, 5.74) is 3.40. The van der Waals surface area contributed by atoms with Gasteiger partial charge in [-0.25, -0.2) is 9.59 Å². The molecule has 3 N–H and O–H groups in total. The van der Waals surface area contributed by atoms with Crippen LogP contribution in [-0.2, 0) is 50.5 Å². The van der Waals surface area contributed by atoms with Gasteiger partial charge in [0.05, 0.1) is 53.9 Å². The summed E-state index contributed by atoms with van der Waals surface area (Å²) in [7, 11) is -1.13. The van der Waals surface area contributed by atoms with Crippen molar-refractivity contribution in [2.45, 2.75) is 140 Å². The predicted molar refractivity (Wildman–Crippen MR) is 284 cm³/mol. The fraction of sp³-hybridized carbons (Fsp3) is 0.571. The molecule has 0 unspecified atom stereocenters. The minimum atomic E-state index is -0.603. The molecule has 10 fully saturated rings. The van der Waals surface area contributed by atoms with E-state index in [9.17, 15) is 19.2 Å². The number of likely N-dealkylation sites (tertiary alicyclic amines) is 1. The summed E-state index contributed by atoms with van der Waals surface area (Å²) in [5.74, 6) is 1.20. The van der Waals surface area contributed by atoms with Crippen LogP contribution in [0.5, 0.6) is 0 Å². The molecule has 6 aliphatic carbocycles. The number of carbonyl (C=O) groups is 4. The van der Waals surface area contributed by atoms with E-state index in [1.165, 1.54) is 12.5 Å². The van der Waals surface area contributed by atoms with Crippen LogP contribution in [0.25, 0.3) is 21.9 Å². The van der Waals surface area contributed by atoms with Crippen LogP contribution in [0.4, 0.5) is 9.59 Å². The zero-order valence-corrected chi connectivity index (χ0v) is 44.7. The number of hydrogen-bond acceptors (Lipinski definition) is 13. The molecule has 4 aliphatic heterocycles. The highest BCUT2D eigenvalue weighted by Crippen LogP contribution is 2.67. The highest BCUT2D eigenvalue weighted by Gasteiger charge is 2.70. The molecule has 4 saturated heterocycles. The first-order valence-corrected chi connectivity index (χ1v) is 27.1. The molecule has 3 amide bonds. The van der Waals surface area contributed by atoms with E-state index in [-0.39, 0.29) is 64.8 Å². The maximum atomic E-state index is 13.0. The van der Waals surface area contributed by atoms with E-state index in [2.05, 4.69) is 70.7 Å². The number of para-hydroxylation sites is 2. The van der Waals surface area contributed by atoms with Crippen molar-refractivity contribution in [1.82, 2.24) is 20.9 Å². The van der Waals surface area contributed by atoms with E-state index in [4.69, 9.17) is 48.5 Å². The zero-order valence-electron chi connectivity index (χ0n) is 44.0. The molecule has 6 heterocycles. The summed E-state index contributed by atoms with van der Waals surface area (Å²) >= 11 is 4.71. The number of allylic oxidation sites excluding steroid dienone is 1. The minimum Gasteiger partial charge on any atom is -0.464 e. The number of nitrogens with zero attached hydrogens (tertiary/aromatic N) is 1. The molecule has 12 atom stereocenters. The summed E-state index contributed by atoms with van der Waals surface area (Å²) < 4.78 is 49.0. The van der Waals surface area contributed by atoms with E-state index in [0.29, 0.717) is 49.7 Å². The second kappa shape index (κ2) is 21.0. The molecule has 0 radical (unpaired) electrons. The van der Waals surface area contributed by atoms with Crippen molar-refractivity contribution >= 4 is 71.1 Å². The maximum Gasteiger partial charge on any atom is 0.482 e. The number of halogens is 1. The number of benzene rings is 2. The number of hydrogen-bond donors (Lipinski definition) is 3. The molecule has 4 bridgehead atoms. The summed E-state index contributed by atoms with van der Waals surface area (Å²) in [4.78, 5) is 48.7. The average Bonchev–Trinajstić information content (AvgIpc) is 4.21. The molecule has 14 rings (SSSR count). The summed E-state index contributed by atoms with van der Waals surface area (Å²) in [6.07, 6.45) is 12.1. The lowest BCUT2D eigenvalue weighted by molar-refractivity contribution is -0.199. The third-order valence-electron chi connectivity index (χ3n) is 18.7. The SMILES string of the molecule is C=CC(=O)Cl.C=CC(=O)N1CC[C@@H]1COC(=O)N[C@@H](Cc1coc2ccccc12)B1O[C@@H]2C[C@@H]3C[C@@H](C3(C)C)[C@]2(C)O1.CC1(C)[C@@H]2C[C@H]3OB([C@H](Cc4coc5ccccc45)NC(=O)OC[C@H]4CCN4)O[C@@]3(C)[C@H]1C2. The van der Waals surface area contributed by atoms with Crippen LogP contribution < -0.4 is 16.0 Å². The maximum absolute atomic E-state index is 13.0. The summed E-state index contributed by atoms with van der Waals surface area (Å²) in [6, 6.07) is 15.9. The Labute approximate surface area is 444 Å². The molecule has 2 aromatic carbocycles. The number of furan rings is 2. The van der Waals surface area contributed by atoms with Crippen LogP contribution in [0.2, 0.25) is 0 Å². The number of amides is 3. The number of ether oxygens (including phenoxy) is 2. The van der Waals surface area contributed by atoms with Crippen molar-refractivity contribution in [3.05, 3.63) is 97.5 Å². The van der Waals surface area contributed by atoms with Gasteiger partial charge in [0.2, 0.25) is 11.1 Å². The van der Waals surface area contributed by atoms with Crippen molar-refractivity contribution in [2.75, 3.05) is 26.3 Å². The fourth-order valence-electron chi connectivity index (χ4n) is 13.7. The summed E-state index contributed by atoms with van der Waals surface area (Å²) in [6.45, 7) is 22.5. The molecule has 16 nitrogen and oxygen atoms in total. The third kappa shape index (κ3) is 10.2. The van der Waals surface area contributed by atoms with Gasteiger partial charge < -0.3 is 57.8 Å². The lowest BCUT2D eigenvalue weighted by Crippen LogP contribution is -2.65. The van der Waals surface area contributed by atoms with Gasteiger partial charge in [0.15, 0.2) is 0 Å². The number of fused-ring (bicyclic) bond motifs is 2. The van der Waals surface area contributed by atoms with Crippen LogP contribution in [0.3, 0.4) is 0 Å². The first kappa shape index (κ1) is 53.3. The van der Waals surface area contributed by atoms with Gasteiger partial charge in [0.25, 0.3) is 0 Å². The Morgan fingerprint density at radius 2 is 1.20 bits per heavy atom. The number of rotatable bonds is 14. The van der Waals surface area contributed by atoms with Gasteiger partial charge in [-0.05, 0) is 153 Å². The van der Waals surface area contributed by atoms with Crippen LogP contribution in [0.15, 0.2) is 95.2 Å². The molecular formula is C56H71B2ClN4O12. The molecule has 10 aliphatic rings. The Kier molecular flexibility index (Phi) is 14.9. The van der Waals surface area contributed by atoms with Crippen molar-refractivity contribution in [2.24, 2.45) is 34.5 Å². The standard InChI is InChI=1S/C28H35BN2O6.C25H33BN2O5.C3H3ClO/c1-5-25(32)31-11-10-19(31)16-35-26(33)30-24(12-17-15-34-21-9-7-6-8-20(17)21)29-36-23-14-18-13-22(27(18,2)3)28(23,4)37-29;1-24(2)16-11-20(24)25(3)21(12-16)32-26(33-25)22(28-23(29)31-14-17-8-9-27-17)10-15-13-30-19-7-5-4-6-18(15)19;1-2-3(4)5/h5-9,15,18-19,22-24H,1,10-14,16H2,2-4H3,(H,30,33);4-7,13,16-17,20-22,27H,8-12,14H2,1-3H3,(H,28,29);2H,1H2/t18-,19+,22-,23+,24-,28-;16-,17+,20-,21+,22-,25-;/m00./s1. The molecule has 6 saturated carbocycles. The van der Waals surface area contributed by atoms with Gasteiger partial charge in [-0.15, -0.1) is 0 Å². The minimum absolute atomic E-state index is 0.00383. The first-order chi connectivity index (χ1) is 35.8. The molecule has 19 heteroatoms. The molecule has 400 valence electrons. The zero-order chi connectivity index (χ0) is 53.0. The first-order valence-electron chi connectivity index (χ1n) is 26.7. The summed E-state index contributed by atoms with van der Waals surface area (Å²) in [5, 5.41) is 10.9. The Morgan fingerprint density at radius 1 is 0.733 bits per heavy atom. The smallest absolute Gasteiger partial charge is 0.464 e. The van der Waals surface area contributed by atoms with Gasteiger partial charge in [-0.2, -0.15) is 0 Å². The monoisotopic (exact) mass is 1050 g/mol. The Balaban J connectivity index is 0.000000158. The lowest BCUT2D eigenvalue weighted by atomic mass is 9.43. The van der Waals surface area contributed by atoms with Gasteiger partial charge in [-0.1, -0.05) is 77.3 Å². The number of carbonyl (C=O) groups excluding carboxylic acids is 4. The van der Waals surface area contributed by atoms with Gasteiger partial charge in [0, 0.05) is 23.4 Å². The molecule has 75 heavy (non-hydrogen) atoms. The third-order valence-corrected chi connectivity index (χ3v) is 18.9. The van der Waals surface area contributed by atoms with Crippen LogP contribution >= 0.6 is 11.6 Å². The molecule has 0 spiro atoms. The topological polar surface area (TPSA) is 189 Å². The number of alkyl carbamates (subject to hydrolysis) is 2. The van der Waals surface area contributed by atoms with Crippen LogP contribution in [0, 0.1) is 34.5 Å². The van der Waals surface area contributed by atoms with Crippen molar-refractivity contribution in [3.63, 3.8) is 0 Å². The Hall–Kier alpha value is -5.10. The number of nitrogens with one attached hydrogen (secondary N) is 3. The molecule has 2 aromatic heterocycles. The molecule has 4 aromatic rings. The Morgan fingerprint density at radius 3 is 1.60 bits per heavy atom. The molecular weight excluding hydrogens is 978 g/mol. The highest BCUT2D eigenvalue weighted by molar-refractivity contribution is 6.66. The van der Waals surface area contributed by atoms with E-state index in [0.717, 1.165) is 77.8 Å². The van der Waals surface area contributed by atoms with E-state index < -0.39 is 37.6 Å². The lowest BCUT2D eigenvalue weighted by Gasteiger charge is -2.64. The largest absolute Gasteiger partial charge is 0.482 e. The van der Waals surface area contributed by atoms with Crippen molar-refractivity contribution < 1.29 is 56.1 Å². The second-order valence-corrected chi connectivity index (χ2v) is 23.8. The van der Waals surface area contributed by atoms with Crippen LogP contribution in [0.1, 0.15) is 91.2 Å². The van der Waals surface area contributed by atoms with E-state index in [1.807, 2.05) is 48.5 Å². The average molecular weight is 1050 g/mol. The van der Waals surface area contributed by atoms with Crippen LogP contribution in [-0.4, -0.2) is 116 Å². The Bertz CT molecular complexity index is 2800. The van der Waals surface area contributed by atoms with Gasteiger partial charge in [-0.3, -0.25) is 9.59 Å². The van der Waals surface area contributed by atoms with E-state index in [1.54, 1.807) is 17.4 Å². The highest BCUT2D eigenvalue weighted by atomic mass is 35.5. The predicted octanol–water partition coefficient (Wildman–Crippen LogP) is 8.76. The van der Waals surface area contributed by atoms with Crippen molar-refractivity contribution in [1.29, 1.82) is 0 Å². The van der Waals surface area contributed by atoms with Crippen molar-refractivity contribution in [3.8, 4) is 0 Å². The van der Waals surface area contributed by atoms with E-state index >= 15 is 0 Å². The normalized spacial score (nSPS) is 31.6. The quantitative estimate of drug-likeness (QED) is 0.0618. The second-order valence-electron chi connectivity index (χ2n) is 23.4. The fourth-order valence-corrected chi connectivity index (χ4v) is 13.7. The van der Waals surface area contributed by atoms with Gasteiger partial charge >= 0.3 is 26.4 Å².